The molecule has 1 aliphatic heterocycles. The van der Waals surface area contributed by atoms with E-state index in [-0.39, 0.29) is 0 Å². The molecule has 6 heteroatoms. The van der Waals surface area contributed by atoms with Gasteiger partial charge in [-0.2, -0.15) is 17.0 Å². The summed E-state index contributed by atoms with van der Waals surface area (Å²) in [7, 11) is -1.68. The maximum Gasteiger partial charge on any atom is 0.282 e. The summed E-state index contributed by atoms with van der Waals surface area (Å²) >= 11 is 1.68. The number of nitrogens with zero attached hydrogens (tertiary/aromatic N) is 2. The molecule has 21 heavy (non-hydrogen) atoms. The molecular formula is C15H24N2O2S2. The molecule has 2 rings (SSSR count). The fraction of sp³-hybridized carbons (Fsp3) is 0.600. The molecule has 1 unspecified atom stereocenters. The molecule has 0 radical (unpaired) electrons. The van der Waals surface area contributed by atoms with E-state index in [9.17, 15) is 8.42 Å². The van der Waals surface area contributed by atoms with Crippen molar-refractivity contribution in [2.45, 2.75) is 31.2 Å². The topological polar surface area (TPSA) is 40.6 Å². The molecule has 0 amide bonds. The largest absolute Gasteiger partial charge is 0.282 e. The zero-order chi connectivity index (χ0) is 15.5. The quantitative estimate of drug-likeness (QED) is 0.781. The number of hydrogen-bond donors (Lipinski definition) is 0. The van der Waals surface area contributed by atoms with Crippen LogP contribution in [0.25, 0.3) is 0 Å². The highest BCUT2D eigenvalue weighted by molar-refractivity contribution is 7.98. The third-order valence-corrected chi connectivity index (χ3v) is 6.55. The predicted molar refractivity (Wildman–Crippen MR) is 88.6 cm³/mol. The molecule has 4 nitrogen and oxygen atoms in total. The lowest BCUT2D eigenvalue weighted by molar-refractivity contribution is 0.263. The van der Waals surface area contributed by atoms with Gasteiger partial charge in [-0.1, -0.05) is 19.1 Å². The van der Waals surface area contributed by atoms with Crippen molar-refractivity contribution in [3.63, 3.8) is 0 Å². The van der Waals surface area contributed by atoms with E-state index >= 15 is 0 Å². The van der Waals surface area contributed by atoms with Crippen molar-refractivity contribution in [1.82, 2.24) is 8.61 Å². The first-order valence-electron chi connectivity index (χ1n) is 7.28. The molecule has 1 aromatic rings. The van der Waals surface area contributed by atoms with Crippen molar-refractivity contribution in [2.24, 2.45) is 5.92 Å². The number of piperidine rings is 1. The molecule has 1 fully saturated rings. The van der Waals surface area contributed by atoms with Gasteiger partial charge in [-0.05, 0) is 42.7 Å². The van der Waals surface area contributed by atoms with Gasteiger partial charge in [0.2, 0.25) is 0 Å². The van der Waals surface area contributed by atoms with Gasteiger partial charge in [-0.15, -0.1) is 11.8 Å². The van der Waals surface area contributed by atoms with Gasteiger partial charge in [-0.25, -0.2) is 0 Å². The Morgan fingerprint density at radius 2 is 2.00 bits per heavy atom. The molecular weight excluding hydrogens is 304 g/mol. The molecule has 1 aromatic carbocycles. The molecule has 118 valence electrons. The highest BCUT2D eigenvalue weighted by Crippen LogP contribution is 2.21. The molecule has 1 saturated heterocycles. The minimum Gasteiger partial charge on any atom is -0.195 e. The van der Waals surface area contributed by atoms with E-state index in [1.807, 2.05) is 30.5 Å². The Labute approximate surface area is 132 Å². The number of benzene rings is 1. The zero-order valence-electron chi connectivity index (χ0n) is 12.9. The fourth-order valence-electron chi connectivity index (χ4n) is 2.62. The first kappa shape index (κ1) is 16.8. The lowest BCUT2D eigenvalue weighted by Gasteiger charge is -2.33. The van der Waals surface area contributed by atoms with Crippen LogP contribution in [0.5, 0.6) is 0 Å². The summed E-state index contributed by atoms with van der Waals surface area (Å²) in [5.41, 5.74) is 1.02. The van der Waals surface area contributed by atoms with Gasteiger partial charge in [0.1, 0.15) is 0 Å². The Bertz CT molecular complexity index is 558. The summed E-state index contributed by atoms with van der Waals surface area (Å²) in [6, 6.07) is 8.06. The summed E-state index contributed by atoms with van der Waals surface area (Å²) in [4.78, 5) is 1.19. The minimum atomic E-state index is -3.35. The zero-order valence-corrected chi connectivity index (χ0v) is 14.6. The van der Waals surface area contributed by atoms with Crippen LogP contribution in [0.4, 0.5) is 0 Å². The Morgan fingerprint density at radius 3 is 2.57 bits per heavy atom. The standard InChI is InChI=1S/C15H24N2O2S2/c1-13-5-4-10-17(11-13)21(18,19)16(2)12-14-6-8-15(20-3)9-7-14/h6-9,13H,4-5,10-12H2,1-3H3. The number of thioether (sulfide) groups is 1. The lowest BCUT2D eigenvalue weighted by Crippen LogP contribution is -2.45. The van der Waals surface area contributed by atoms with E-state index in [4.69, 9.17) is 0 Å². The molecule has 1 atom stereocenters. The van der Waals surface area contributed by atoms with Crippen molar-refractivity contribution in [3.8, 4) is 0 Å². The second-order valence-electron chi connectivity index (χ2n) is 5.72. The van der Waals surface area contributed by atoms with Crippen LogP contribution in [0.3, 0.4) is 0 Å². The first-order valence-corrected chi connectivity index (χ1v) is 9.90. The smallest absolute Gasteiger partial charge is 0.195 e. The van der Waals surface area contributed by atoms with E-state index in [1.54, 1.807) is 23.1 Å². The van der Waals surface area contributed by atoms with Crippen LogP contribution < -0.4 is 0 Å². The van der Waals surface area contributed by atoms with Gasteiger partial charge < -0.3 is 0 Å². The summed E-state index contributed by atoms with van der Waals surface area (Å²) < 4.78 is 28.3. The number of rotatable bonds is 5. The van der Waals surface area contributed by atoms with Gasteiger partial charge in [0.05, 0.1) is 0 Å². The molecule has 0 saturated carbocycles. The second-order valence-corrected chi connectivity index (χ2v) is 8.63. The van der Waals surface area contributed by atoms with E-state index < -0.39 is 10.2 Å². The molecule has 0 spiro atoms. The first-order chi connectivity index (χ1) is 9.93. The van der Waals surface area contributed by atoms with Gasteiger partial charge >= 0.3 is 0 Å². The van der Waals surface area contributed by atoms with Crippen LogP contribution in [-0.4, -0.2) is 43.4 Å². The Balaban J connectivity index is 2.05. The van der Waals surface area contributed by atoms with E-state index in [0.29, 0.717) is 25.6 Å². The van der Waals surface area contributed by atoms with Crippen molar-refractivity contribution in [3.05, 3.63) is 29.8 Å². The van der Waals surface area contributed by atoms with Crippen LogP contribution >= 0.6 is 11.8 Å². The van der Waals surface area contributed by atoms with Gasteiger partial charge in [0, 0.05) is 31.6 Å². The summed E-state index contributed by atoms with van der Waals surface area (Å²) in [6.07, 6.45) is 4.10. The van der Waals surface area contributed by atoms with Gasteiger partial charge in [-0.3, -0.25) is 0 Å². The highest BCUT2D eigenvalue weighted by atomic mass is 32.2. The van der Waals surface area contributed by atoms with Crippen molar-refractivity contribution >= 4 is 22.0 Å². The van der Waals surface area contributed by atoms with Crippen LogP contribution in [0.1, 0.15) is 25.3 Å². The molecule has 0 aromatic heterocycles. The Morgan fingerprint density at radius 1 is 1.33 bits per heavy atom. The molecule has 0 aliphatic carbocycles. The molecule has 0 bridgehead atoms. The van der Waals surface area contributed by atoms with Gasteiger partial charge in [0.15, 0.2) is 0 Å². The van der Waals surface area contributed by atoms with Crippen LogP contribution in [0, 0.1) is 5.92 Å². The Kier molecular flexibility index (Phi) is 5.71. The normalized spacial score (nSPS) is 20.9. The van der Waals surface area contributed by atoms with E-state index in [2.05, 4.69) is 6.92 Å². The fourth-order valence-corrected chi connectivity index (χ4v) is 4.54. The third-order valence-electron chi connectivity index (χ3n) is 3.90. The van der Waals surface area contributed by atoms with Crippen LogP contribution in [-0.2, 0) is 16.8 Å². The lowest BCUT2D eigenvalue weighted by atomic mass is 10.0. The second kappa shape index (κ2) is 7.13. The van der Waals surface area contributed by atoms with Crippen molar-refractivity contribution in [1.29, 1.82) is 0 Å². The summed E-state index contributed by atoms with van der Waals surface area (Å²) in [5.74, 6) is 0.447. The molecule has 0 N–H and O–H groups in total. The Hall–Kier alpha value is -0.560. The molecule has 1 aliphatic rings. The molecule has 1 heterocycles. The number of hydrogen-bond acceptors (Lipinski definition) is 3. The van der Waals surface area contributed by atoms with E-state index in [1.165, 1.54) is 9.20 Å². The minimum absolute atomic E-state index is 0.419. The van der Waals surface area contributed by atoms with Crippen LogP contribution in [0.15, 0.2) is 29.2 Å². The average molecular weight is 329 g/mol. The van der Waals surface area contributed by atoms with Crippen LogP contribution in [0.2, 0.25) is 0 Å². The predicted octanol–water partition coefficient (Wildman–Crippen LogP) is 2.82. The summed E-state index contributed by atoms with van der Waals surface area (Å²) in [5, 5.41) is 0. The third kappa shape index (κ3) is 4.22. The maximum absolute atomic E-state index is 12.6. The van der Waals surface area contributed by atoms with Crippen molar-refractivity contribution < 1.29 is 8.42 Å². The summed E-state index contributed by atoms with van der Waals surface area (Å²) in [6.45, 7) is 3.81. The van der Waals surface area contributed by atoms with Crippen molar-refractivity contribution in [2.75, 3.05) is 26.4 Å². The van der Waals surface area contributed by atoms with Gasteiger partial charge in [0.25, 0.3) is 10.2 Å². The average Bonchev–Trinajstić information content (AvgIpc) is 2.48. The van der Waals surface area contributed by atoms with E-state index in [0.717, 1.165) is 18.4 Å². The monoisotopic (exact) mass is 328 g/mol. The maximum atomic E-state index is 12.6. The highest BCUT2D eigenvalue weighted by Gasteiger charge is 2.30. The SMILES string of the molecule is CSc1ccc(CN(C)S(=O)(=O)N2CCCC(C)C2)cc1.